The van der Waals surface area contributed by atoms with Crippen LogP contribution in [0.3, 0.4) is 0 Å². The summed E-state index contributed by atoms with van der Waals surface area (Å²) in [5.74, 6) is -0.398. The van der Waals surface area contributed by atoms with Crippen molar-refractivity contribution in [3.63, 3.8) is 0 Å². The number of carbonyl (C=O) groups is 2. The number of nitrogens with zero attached hydrogens (tertiary/aromatic N) is 2. The lowest BCUT2D eigenvalue weighted by molar-refractivity contribution is -0.131. The van der Waals surface area contributed by atoms with E-state index >= 15 is 0 Å². The summed E-state index contributed by atoms with van der Waals surface area (Å²) in [6, 6.07) is 4.72. The van der Waals surface area contributed by atoms with Crippen LogP contribution in [0.25, 0.3) is 11.6 Å². The van der Waals surface area contributed by atoms with Gasteiger partial charge in [0.2, 0.25) is 0 Å². The molecule has 5 heteroatoms. The molecule has 0 fully saturated rings. The van der Waals surface area contributed by atoms with Gasteiger partial charge in [-0.3, -0.25) is 9.59 Å². The molecule has 2 rings (SSSR count). The number of rotatable bonds is 1. The third-order valence-corrected chi connectivity index (χ3v) is 2.29. The highest BCUT2D eigenvalue weighted by atomic mass is 16.5. The van der Waals surface area contributed by atoms with Gasteiger partial charge >= 0.3 is 11.7 Å². The molecule has 1 aliphatic carbocycles. The third kappa shape index (κ3) is 2.04. The lowest BCUT2D eigenvalue weighted by Crippen LogP contribution is -2.18. The zero-order valence-electron chi connectivity index (χ0n) is 9.01. The Morgan fingerprint density at radius 1 is 1.35 bits per heavy atom. The Labute approximate surface area is 96.9 Å². The topological polar surface area (TPSA) is 79.8 Å². The van der Waals surface area contributed by atoms with E-state index in [9.17, 15) is 9.59 Å². The van der Waals surface area contributed by atoms with Crippen molar-refractivity contribution in [2.75, 3.05) is 0 Å². The quantitative estimate of drug-likeness (QED) is 0.314. The van der Waals surface area contributed by atoms with Crippen LogP contribution in [0.2, 0.25) is 0 Å². The van der Waals surface area contributed by atoms with Crippen LogP contribution < -0.4 is 4.74 Å². The normalized spacial score (nSPS) is 13.0. The van der Waals surface area contributed by atoms with Crippen LogP contribution in [0, 0.1) is 0 Å². The number of esters is 1. The Kier molecular flexibility index (Phi) is 2.68. The van der Waals surface area contributed by atoms with E-state index in [1.54, 1.807) is 18.2 Å². The Morgan fingerprint density at radius 2 is 2.12 bits per heavy atom. The lowest BCUT2D eigenvalue weighted by atomic mass is 9.94. The summed E-state index contributed by atoms with van der Waals surface area (Å²) in [7, 11) is 0. The number of carbonyl (C=O) groups excluding carboxylic acids is 2. The van der Waals surface area contributed by atoms with Gasteiger partial charge in [-0.2, -0.15) is 4.79 Å². The molecule has 0 aromatic heterocycles. The number of hydrogen-bond donors (Lipinski definition) is 0. The van der Waals surface area contributed by atoms with E-state index in [0.717, 1.165) is 0 Å². The van der Waals surface area contributed by atoms with Crippen LogP contribution in [0.5, 0.6) is 5.75 Å². The molecule has 5 nitrogen and oxygen atoms in total. The maximum Gasteiger partial charge on any atom is 0.369 e. The Hall–Kier alpha value is -2.52. The van der Waals surface area contributed by atoms with Crippen molar-refractivity contribution >= 4 is 23.5 Å². The van der Waals surface area contributed by atoms with E-state index in [1.807, 2.05) is 0 Å². The predicted octanol–water partition coefficient (Wildman–Crippen LogP) is 1.23. The summed E-state index contributed by atoms with van der Waals surface area (Å²) in [5, 5.41) is 0. The van der Waals surface area contributed by atoms with E-state index in [-0.39, 0.29) is 11.5 Å². The smallest absolute Gasteiger partial charge is 0.369 e. The molecule has 0 N–H and O–H groups in total. The number of ether oxygens (including phenoxy) is 1. The number of hydrogen-bond acceptors (Lipinski definition) is 3. The molecule has 0 spiro atoms. The van der Waals surface area contributed by atoms with E-state index in [4.69, 9.17) is 10.3 Å². The molecule has 0 bridgehead atoms. The average molecular weight is 228 g/mol. The van der Waals surface area contributed by atoms with Gasteiger partial charge in [0, 0.05) is 6.92 Å². The minimum Gasteiger partial charge on any atom is -0.427 e. The molecule has 1 aromatic rings. The van der Waals surface area contributed by atoms with Crippen molar-refractivity contribution in [1.82, 2.24) is 0 Å². The van der Waals surface area contributed by atoms with E-state index in [1.165, 1.54) is 19.1 Å². The molecule has 0 saturated heterocycles. The van der Waals surface area contributed by atoms with Crippen molar-refractivity contribution in [1.29, 1.82) is 0 Å². The molecule has 0 unspecified atom stereocenters. The van der Waals surface area contributed by atoms with Crippen LogP contribution in [0.1, 0.15) is 18.1 Å². The fraction of sp³-hybridized carbons (Fsp3) is 0.0833. The van der Waals surface area contributed by atoms with Crippen LogP contribution in [-0.4, -0.2) is 22.3 Å². The van der Waals surface area contributed by atoms with E-state index < -0.39 is 5.97 Å². The molecule has 0 atom stereocenters. The Morgan fingerprint density at radius 3 is 2.76 bits per heavy atom. The largest absolute Gasteiger partial charge is 0.427 e. The minimum absolute atomic E-state index is 0.0168. The Bertz CT molecular complexity index is 596. The highest BCUT2D eigenvalue weighted by molar-refractivity contribution is 6.50. The summed E-state index contributed by atoms with van der Waals surface area (Å²) in [6.45, 7) is 1.30. The molecule has 1 aliphatic rings. The van der Waals surface area contributed by atoms with Gasteiger partial charge in [0.1, 0.15) is 5.75 Å². The van der Waals surface area contributed by atoms with Gasteiger partial charge in [0.05, 0.1) is 5.56 Å². The summed E-state index contributed by atoms with van der Waals surface area (Å²) >= 11 is 0. The van der Waals surface area contributed by atoms with Crippen LogP contribution in [0.4, 0.5) is 0 Å². The first-order chi connectivity index (χ1) is 8.11. The highest BCUT2D eigenvalue weighted by Crippen LogP contribution is 2.22. The first-order valence-corrected chi connectivity index (χ1v) is 4.89. The fourth-order valence-corrected chi connectivity index (χ4v) is 1.60. The number of ketones is 1. The summed E-state index contributed by atoms with van der Waals surface area (Å²) in [4.78, 5) is 25.2. The van der Waals surface area contributed by atoms with Gasteiger partial charge < -0.3 is 10.3 Å². The number of fused-ring (bicyclic) bond motifs is 1. The van der Waals surface area contributed by atoms with Crippen molar-refractivity contribution in [2.24, 2.45) is 0 Å². The van der Waals surface area contributed by atoms with E-state index in [2.05, 4.69) is 4.79 Å². The minimum atomic E-state index is -0.420. The van der Waals surface area contributed by atoms with Gasteiger partial charge in [-0.15, -0.1) is 0 Å². The van der Waals surface area contributed by atoms with Gasteiger partial charge in [0.25, 0.3) is 5.78 Å². The van der Waals surface area contributed by atoms with Crippen LogP contribution >= 0.6 is 0 Å². The monoisotopic (exact) mass is 228 g/mol. The molecule has 17 heavy (non-hydrogen) atoms. The van der Waals surface area contributed by atoms with Crippen molar-refractivity contribution in [2.45, 2.75) is 6.92 Å². The van der Waals surface area contributed by atoms with Gasteiger partial charge in [-0.1, -0.05) is 0 Å². The molecule has 0 saturated carbocycles. The summed E-state index contributed by atoms with van der Waals surface area (Å²) in [5.41, 5.74) is 9.93. The van der Waals surface area contributed by atoms with Crippen molar-refractivity contribution in [3.8, 4) is 5.75 Å². The SMILES string of the molecule is CC(=O)Oc1ccc2c(c1)C=CC(=O)C2=[N+]=[N-]. The molecule has 0 aliphatic heterocycles. The molecular weight excluding hydrogens is 220 g/mol. The Balaban J connectivity index is 2.50. The molecule has 0 heterocycles. The third-order valence-electron chi connectivity index (χ3n) is 2.29. The molecule has 84 valence electrons. The van der Waals surface area contributed by atoms with Gasteiger partial charge in [-0.05, 0) is 35.9 Å². The van der Waals surface area contributed by atoms with E-state index in [0.29, 0.717) is 16.9 Å². The number of allylic oxidation sites excluding steroid dienone is 1. The average Bonchev–Trinajstić information content (AvgIpc) is 2.28. The van der Waals surface area contributed by atoms with Gasteiger partial charge in [-0.25, -0.2) is 0 Å². The fourth-order valence-electron chi connectivity index (χ4n) is 1.60. The first-order valence-electron chi connectivity index (χ1n) is 4.89. The standard InChI is InChI=1S/C12H8N2O3/c1-7(15)17-9-3-4-10-8(6-9)2-5-11(16)12(10)14-13/h2-6H,1H3. The van der Waals surface area contributed by atoms with Crippen molar-refractivity contribution < 1.29 is 19.1 Å². The highest BCUT2D eigenvalue weighted by Gasteiger charge is 2.26. The van der Waals surface area contributed by atoms with Crippen LogP contribution in [0.15, 0.2) is 24.3 Å². The second-order valence-electron chi connectivity index (χ2n) is 3.49. The van der Waals surface area contributed by atoms with Crippen LogP contribution in [-0.2, 0) is 9.59 Å². The second kappa shape index (κ2) is 4.15. The summed E-state index contributed by atoms with van der Waals surface area (Å²) in [6.07, 6.45) is 2.88. The second-order valence-corrected chi connectivity index (χ2v) is 3.49. The lowest BCUT2D eigenvalue weighted by Gasteiger charge is -2.07. The van der Waals surface area contributed by atoms with Gasteiger partial charge in [0.15, 0.2) is 0 Å². The maximum absolute atomic E-state index is 11.4. The zero-order chi connectivity index (χ0) is 12.4. The number of benzene rings is 1. The molecule has 1 aromatic carbocycles. The molecular formula is C12H8N2O3. The summed E-state index contributed by atoms with van der Waals surface area (Å²) < 4.78 is 4.92. The molecule has 0 amide bonds. The first kappa shape index (κ1) is 11.0. The zero-order valence-corrected chi connectivity index (χ0v) is 9.01. The molecule has 0 radical (unpaired) electrons. The van der Waals surface area contributed by atoms with Crippen molar-refractivity contribution in [3.05, 3.63) is 40.9 Å². The maximum atomic E-state index is 11.4. The predicted molar refractivity (Wildman–Crippen MR) is 59.5 cm³/mol.